The number of allylic oxidation sites excluding steroid dienone is 2. The molecule has 5 heteroatoms. The molecule has 1 N–H and O–H groups in total. The molecule has 23 heavy (non-hydrogen) atoms. The standard InChI is InChI=1S/C18H23N3O2/c1-4-12-23-18-11-10-17-19-16(13-21(17)20(18)3)14-6-8-15(9-7-14)22-5-2/h6-11,13,19H,4-5,12H2,1-3H3. The molecule has 1 aromatic rings. The molecule has 0 saturated heterocycles. The average molecular weight is 313 g/mol. The lowest BCUT2D eigenvalue weighted by Gasteiger charge is -2.33. The fourth-order valence-electron chi connectivity index (χ4n) is 2.54. The van der Waals surface area contributed by atoms with E-state index in [2.05, 4.69) is 35.6 Å². The number of nitrogens with one attached hydrogen (secondary N) is 1. The van der Waals surface area contributed by atoms with Gasteiger partial charge in [0.15, 0.2) is 0 Å². The SMILES string of the molecule is CCCOC1=CC=C2NC(c3ccc(OCC)cc3)=CN2N1C. The van der Waals surface area contributed by atoms with Crippen molar-refractivity contribution in [2.24, 2.45) is 0 Å². The van der Waals surface area contributed by atoms with E-state index in [1.165, 1.54) is 0 Å². The number of benzene rings is 1. The number of nitrogens with zero attached hydrogens (tertiary/aromatic N) is 2. The smallest absolute Gasteiger partial charge is 0.208 e. The third kappa shape index (κ3) is 3.13. The molecule has 0 fully saturated rings. The van der Waals surface area contributed by atoms with E-state index in [0.717, 1.165) is 41.7 Å². The van der Waals surface area contributed by atoms with Gasteiger partial charge in [0.1, 0.15) is 11.6 Å². The summed E-state index contributed by atoms with van der Waals surface area (Å²) in [6, 6.07) is 8.10. The van der Waals surface area contributed by atoms with Crippen LogP contribution in [0.1, 0.15) is 25.8 Å². The van der Waals surface area contributed by atoms with Gasteiger partial charge in [-0.05, 0) is 49.2 Å². The highest BCUT2D eigenvalue weighted by Gasteiger charge is 2.26. The minimum Gasteiger partial charge on any atom is -0.494 e. The lowest BCUT2D eigenvalue weighted by molar-refractivity contribution is 0.0249. The predicted molar refractivity (Wildman–Crippen MR) is 90.7 cm³/mol. The first-order chi connectivity index (χ1) is 11.2. The van der Waals surface area contributed by atoms with Crippen molar-refractivity contribution < 1.29 is 9.47 Å². The van der Waals surface area contributed by atoms with Crippen molar-refractivity contribution in [3.8, 4) is 5.75 Å². The molecule has 0 saturated carbocycles. The first kappa shape index (κ1) is 15.3. The highest BCUT2D eigenvalue weighted by atomic mass is 16.5. The van der Waals surface area contributed by atoms with Crippen molar-refractivity contribution in [1.29, 1.82) is 0 Å². The Balaban J connectivity index is 1.75. The van der Waals surface area contributed by atoms with Gasteiger partial charge >= 0.3 is 0 Å². The van der Waals surface area contributed by atoms with Crippen LogP contribution in [0.15, 0.2) is 54.3 Å². The average Bonchev–Trinajstić information content (AvgIpc) is 3.00. The molecule has 0 bridgehead atoms. The van der Waals surface area contributed by atoms with Crippen LogP contribution in [0.25, 0.3) is 5.70 Å². The van der Waals surface area contributed by atoms with Gasteiger partial charge in [-0.2, -0.15) is 0 Å². The molecule has 0 unspecified atom stereocenters. The topological polar surface area (TPSA) is 37.0 Å². The van der Waals surface area contributed by atoms with Gasteiger partial charge in [0.05, 0.1) is 25.1 Å². The largest absolute Gasteiger partial charge is 0.494 e. The van der Waals surface area contributed by atoms with Crippen LogP contribution in [-0.2, 0) is 4.74 Å². The van der Waals surface area contributed by atoms with E-state index in [9.17, 15) is 0 Å². The fraction of sp³-hybridized carbons (Fsp3) is 0.333. The van der Waals surface area contributed by atoms with E-state index < -0.39 is 0 Å². The van der Waals surface area contributed by atoms with Crippen LogP contribution in [0, 0.1) is 0 Å². The van der Waals surface area contributed by atoms with E-state index in [1.54, 1.807) is 0 Å². The van der Waals surface area contributed by atoms with Crippen molar-refractivity contribution in [2.45, 2.75) is 20.3 Å². The number of hydrogen-bond donors (Lipinski definition) is 1. The monoisotopic (exact) mass is 313 g/mol. The number of hydrazine groups is 1. The van der Waals surface area contributed by atoms with Crippen molar-refractivity contribution in [3.05, 3.63) is 59.9 Å². The molecule has 1 aromatic carbocycles. The summed E-state index contributed by atoms with van der Waals surface area (Å²) in [6.45, 7) is 5.49. The molecule has 2 heterocycles. The molecule has 5 nitrogen and oxygen atoms in total. The van der Waals surface area contributed by atoms with Gasteiger partial charge in [-0.1, -0.05) is 6.92 Å². The third-order valence-corrected chi connectivity index (χ3v) is 3.72. The molecule has 2 aliphatic heterocycles. The molecule has 0 atom stereocenters. The van der Waals surface area contributed by atoms with Crippen LogP contribution in [0.4, 0.5) is 0 Å². The minimum atomic E-state index is 0.679. The number of fused-ring (bicyclic) bond motifs is 1. The highest BCUT2D eigenvalue weighted by Crippen LogP contribution is 2.29. The molecular weight excluding hydrogens is 290 g/mol. The summed E-state index contributed by atoms with van der Waals surface area (Å²) in [5.74, 6) is 2.75. The van der Waals surface area contributed by atoms with E-state index >= 15 is 0 Å². The summed E-state index contributed by atoms with van der Waals surface area (Å²) in [5, 5.41) is 7.49. The summed E-state index contributed by atoms with van der Waals surface area (Å²) in [6.07, 6.45) is 7.09. The predicted octanol–water partition coefficient (Wildman–Crippen LogP) is 3.26. The Kier molecular flexibility index (Phi) is 4.46. The molecule has 0 spiro atoms. The molecular formula is C18H23N3O2. The number of hydrogen-bond acceptors (Lipinski definition) is 5. The second-order valence-corrected chi connectivity index (χ2v) is 5.40. The van der Waals surface area contributed by atoms with Crippen molar-refractivity contribution in [2.75, 3.05) is 20.3 Å². The van der Waals surface area contributed by atoms with Crippen LogP contribution in [0.5, 0.6) is 5.75 Å². The molecule has 122 valence electrons. The van der Waals surface area contributed by atoms with E-state index in [1.807, 2.05) is 43.3 Å². The molecule has 0 amide bonds. The molecule has 2 aliphatic rings. The van der Waals surface area contributed by atoms with E-state index in [4.69, 9.17) is 9.47 Å². The zero-order valence-electron chi connectivity index (χ0n) is 13.9. The van der Waals surface area contributed by atoms with Crippen molar-refractivity contribution >= 4 is 5.70 Å². The van der Waals surface area contributed by atoms with Gasteiger partial charge in [-0.3, -0.25) is 5.01 Å². The Morgan fingerprint density at radius 2 is 1.83 bits per heavy atom. The van der Waals surface area contributed by atoms with Gasteiger partial charge < -0.3 is 14.8 Å². The van der Waals surface area contributed by atoms with Crippen molar-refractivity contribution in [3.63, 3.8) is 0 Å². The van der Waals surface area contributed by atoms with Crippen molar-refractivity contribution in [1.82, 2.24) is 15.3 Å². The van der Waals surface area contributed by atoms with Crippen LogP contribution >= 0.6 is 0 Å². The first-order valence-corrected chi connectivity index (χ1v) is 8.02. The Labute approximate surface area is 137 Å². The molecule has 0 aliphatic carbocycles. The van der Waals surface area contributed by atoms with Crippen LogP contribution in [-0.4, -0.2) is 30.3 Å². The second kappa shape index (κ2) is 6.69. The van der Waals surface area contributed by atoms with Gasteiger partial charge in [-0.15, -0.1) is 0 Å². The molecule has 3 rings (SSSR count). The van der Waals surface area contributed by atoms with Crippen LogP contribution < -0.4 is 10.1 Å². The summed E-state index contributed by atoms with van der Waals surface area (Å²) < 4.78 is 11.3. The summed E-state index contributed by atoms with van der Waals surface area (Å²) >= 11 is 0. The zero-order valence-corrected chi connectivity index (χ0v) is 13.9. The molecule has 0 radical (unpaired) electrons. The van der Waals surface area contributed by atoms with E-state index in [0.29, 0.717) is 6.61 Å². The minimum absolute atomic E-state index is 0.679. The fourth-order valence-corrected chi connectivity index (χ4v) is 2.54. The zero-order chi connectivity index (χ0) is 16.2. The summed E-state index contributed by atoms with van der Waals surface area (Å²) in [5.41, 5.74) is 2.17. The highest BCUT2D eigenvalue weighted by molar-refractivity contribution is 5.68. The van der Waals surface area contributed by atoms with Gasteiger partial charge in [0.25, 0.3) is 0 Å². The quantitative estimate of drug-likeness (QED) is 0.872. The maximum atomic E-state index is 5.76. The Bertz CT molecular complexity index is 647. The maximum Gasteiger partial charge on any atom is 0.208 e. The molecule has 0 aromatic heterocycles. The Morgan fingerprint density at radius 1 is 1.04 bits per heavy atom. The number of ether oxygens (including phenoxy) is 2. The van der Waals surface area contributed by atoms with Crippen LogP contribution in [0.3, 0.4) is 0 Å². The lowest BCUT2D eigenvalue weighted by atomic mass is 10.1. The van der Waals surface area contributed by atoms with Gasteiger partial charge in [0.2, 0.25) is 5.88 Å². The lowest BCUT2D eigenvalue weighted by Crippen LogP contribution is -2.37. The normalized spacial score (nSPS) is 16.2. The second-order valence-electron chi connectivity index (χ2n) is 5.40. The Morgan fingerprint density at radius 3 is 2.52 bits per heavy atom. The maximum absolute atomic E-state index is 5.76. The summed E-state index contributed by atoms with van der Waals surface area (Å²) in [7, 11) is 1.99. The first-order valence-electron chi connectivity index (χ1n) is 8.02. The Hall–Kier alpha value is -2.56. The number of rotatable bonds is 6. The van der Waals surface area contributed by atoms with E-state index in [-0.39, 0.29) is 0 Å². The third-order valence-electron chi connectivity index (χ3n) is 3.72. The summed E-state index contributed by atoms with van der Waals surface area (Å²) in [4.78, 5) is 0. The van der Waals surface area contributed by atoms with Gasteiger partial charge in [-0.25, -0.2) is 5.01 Å². The van der Waals surface area contributed by atoms with Gasteiger partial charge in [0, 0.05) is 13.1 Å². The van der Waals surface area contributed by atoms with Crippen LogP contribution in [0.2, 0.25) is 0 Å².